The summed E-state index contributed by atoms with van der Waals surface area (Å²) < 4.78 is 0. The lowest BCUT2D eigenvalue weighted by molar-refractivity contribution is -0.166. The van der Waals surface area contributed by atoms with Crippen molar-refractivity contribution in [3.63, 3.8) is 0 Å². The summed E-state index contributed by atoms with van der Waals surface area (Å²) in [6.45, 7) is 3.91. The fourth-order valence-electron chi connectivity index (χ4n) is 5.80. The van der Waals surface area contributed by atoms with Crippen LogP contribution in [0.4, 0.5) is 0 Å². The Morgan fingerprint density at radius 3 is 2.26 bits per heavy atom. The monoisotopic (exact) mass is 579 g/mol. The zero-order valence-electron chi connectivity index (χ0n) is 22.5. The number of nitrogen functional groups attached to an aromatic ring is 1. The normalized spacial score (nSPS) is 26.6. The number of aromatic hydroxyl groups is 1. The number of aliphatic hydroxyl groups is 4. The maximum Gasteiger partial charge on any atom is 0.265 e. The predicted molar refractivity (Wildman–Crippen MR) is 147 cm³/mol. The Bertz CT molecular complexity index is 1580. The molecule has 0 spiro atoms. The summed E-state index contributed by atoms with van der Waals surface area (Å²) in [4.78, 5) is 54.3. The number of hydrogen-bond acceptors (Lipinski definition) is 12. The zero-order valence-corrected chi connectivity index (χ0v) is 22.5. The van der Waals surface area contributed by atoms with Crippen molar-refractivity contribution in [1.29, 1.82) is 0 Å². The van der Waals surface area contributed by atoms with Crippen LogP contribution in [0.15, 0.2) is 66.2 Å². The van der Waals surface area contributed by atoms with E-state index in [-0.39, 0.29) is 28.4 Å². The average Bonchev–Trinajstić information content (AvgIpc) is 2.95. The number of aromatic nitrogens is 1. The SMILES string of the molecule is C=C1c2cccc(O)c2C(O)=C2C(=O)[C@]3(O)C(O)=C(C(N)=O)C(=O)[C@@H](N(C)C)[C@H]3[C@@H](O)[C@H]12.NNC(=O)c1ccncc1. The molecule has 5 atom stereocenters. The van der Waals surface area contributed by atoms with Gasteiger partial charge in [0, 0.05) is 23.9 Å². The molecule has 1 saturated carbocycles. The van der Waals surface area contributed by atoms with Crippen molar-refractivity contribution in [1.82, 2.24) is 15.3 Å². The second-order valence-corrected chi connectivity index (χ2v) is 10.1. The Morgan fingerprint density at radius 1 is 1.10 bits per heavy atom. The molecular weight excluding hydrogens is 550 g/mol. The lowest BCUT2D eigenvalue weighted by Crippen LogP contribution is -2.70. The highest BCUT2D eigenvalue weighted by Gasteiger charge is 2.68. The lowest BCUT2D eigenvalue weighted by atomic mass is 9.55. The van der Waals surface area contributed by atoms with E-state index in [0.717, 1.165) is 0 Å². The Balaban J connectivity index is 0.000000343. The number of pyridine rings is 1. The number of nitrogens with one attached hydrogen (secondary N) is 1. The number of phenolic OH excluding ortho intramolecular Hbond substituents is 1. The van der Waals surface area contributed by atoms with Crippen molar-refractivity contribution in [2.45, 2.75) is 17.7 Å². The summed E-state index contributed by atoms with van der Waals surface area (Å²) in [7, 11) is 2.88. The molecule has 2 amide bonds. The third kappa shape index (κ3) is 4.33. The molecule has 0 radical (unpaired) electrons. The number of rotatable bonds is 3. The van der Waals surface area contributed by atoms with Gasteiger partial charge in [-0.1, -0.05) is 18.7 Å². The van der Waals surface area contributed by atoms with E-state index in [1.807, 2.05) is 5.43 Å². The van der Waals surface area contributed by atoms with Crippen molar-refractivity contribution >= 4 is 34.7 Å². The van der Waals surface area contributed by atoms with E-state index in [0.29, 0.717) is 5.56 Å². The Kier molecular flexibility index (Phi) is 7.76. The standard InChI is InChI=1S/C22H22N2O8.C6H7N3O/c1-7-8-5-4-6-9(25)11(8)16(26)12-10(7)17(27)14-15(24(2)3)18(28)13(21(23)31)20(30)22(14,32)19(12)29;7-9-6(10)5-1-3-8-4-2-5/h4-6,10,14-15,17,25-27,30,32H,1H2,2-3H3,(H2,23,31);1-4H,7H2,(H,9,10)/t10-,14+,15+,17+,22+;/m1./s1. The number of hydrogen-bond donors (Lipinski definition) is 8. The smallest absolute Gasteiger partial charge is 0.265 e. The molecule has 2 aromatic rings. The van der Waals surface area contributed by atoms with Gasteiger partial charge in [0.25, 0.3) is 11.8 Å². The van der Waals surface area contributed by atoms with Crippen LogP contribution in [-0.4, -0.2) is 90.6 Å². The van der Waals surface area contributed by atoms with Gasteiger partial charge in [-0.2, -0.15) is 0 Å². The minimum absolute atomic E-state index is 0.124. The molecular formula is C28H29N5O9. The number of aliphatic hydroxyl groups excluding tert-OH is 3. The number of nitrogens with zero attached hydrogens (tertiary/aromatic N) is 2. The fraction of sp³-hybridized carbons (Fsp3) is 0.250. The quantitative estimate of drug-likeness (QED) is 0.0952. The molecule has 0 saturated heterocycles. The molecule has 0 unspecified atom stereocenters. The summed E-state index contributed by atoms with van der Waals surface area (Å²) in [5.74, 6) is -4.20. The Labute approximate surface area is 238 Å². The first kappa shape index (κ1) is 30.1. The second kappa shape index (κ2) is 10.8. The van der Waals surface area contributed by atoms with Crippen LogP contribution in [0.3, 0.4) is 0 Å². The van der Waals surface area contributed by atoms with E-state index in [9.17, 15) is 44.7 Å². The zero-order chi connectivity index (χ0) is 31.3. The molecule has 220 valence electrons. The minimum atomic E-state index is -2.94. The summed E-state index contributed by atoms with van der Waals surface area (Å²) in [5.41, 5.74) is 3.69. The van der Waals surface area contributed by atoms with Gasteiger partial charge in [0.15, 0.2) is 11.4 Å². The first-order chi connectivity index (χ1) is 19.7. The number of ketones is 2. The molecule has 1 fully saturated rings. The molecule has 5 rings (SSSR count). The van der Waals surface area contributed by atoms with Gasteiger partial charge in [0.1, 0.15) is 22.8 Å². The first-order valence-corrected chi connectivity index (χ1v) is 12.5. The van der Waals surface area contributed by atoms with Gasteiger partial charge in [-0.3, -0.25) is 34.5 Å². The van der Waals surface area contributed by atoms with E-state index in [1.165, 1.54) is 49.6 Å². The summed E-state index contributed by atoms with van der Waals surface area (Å²) in [6, 6.07) is 6.06. The fourth-order valence-corrected chi connectivity index (χ4v) is 5.80. The van der Waals surface area contributed by atoms with Crippen LogP contribution in [0, 0.1) is 11.8 Å². The van der Waals surface area contributed by atoms with Gasteiger partial charge in [-0.15, -0.1) is 0 Å². The largest absolute Gasteiger partial charge is 0.508 e. The summed E-state index contributed by atoms with van der Waals surface area (Å²) >= 11 is 0. The van der Waals surface area contributed by atoms with Gasteiger partial charge in [-0.05, 0) is 43.4 Å². The third-order valence-corrected chi connectivity index (χ3v) is 7.68. The summed E-state index contributed by atoms with van der Waals surface area (Å²) in [6.07, 6.45) is 1.38. The first-order valence-electron chi connectivity index (χ1n) is 12.5. The van der Waals surface area contributed by atoms with Gasteiger partial charge >= 0.3 is 0 Å². The molecule has 14 heteroatoms. The number of benzene rings is 1. The number of nitrogens with two attached hydrogens (primary N) is 2. The number of amides is 2. The van der Waals surface area contributed by atoms with E-state index in [4.69, 9.17) is 11.6 Å². The predicted octanol–water partition coefficient (Wildman–Crippen LogP) is -0.909. The summed E-state index contributed by atoms with van der Waals surface area (Å²) in [5, 5.41) is 54.7. The van der Waals surface area contributed by atoms with E-state index in [2.05, 4.69) is 11.6 Å². The molecule has 10 N–H and O–H groups in total. The second-order valence-electron chi connectivity index (χ2n) is 10.1. The molecule has 14 nitrogen and oxygen atoms in total. The van der Waals surface area contributed by atoms with E-state index >= 15 is 0 Å². The van der Waals surface area contributed by atoms with Crippen molar-refractivity contribution in [2.75, 3.05) is 14.1 Å². The Hall–Kier alpha value is -4.89. The van der Waals surface area contributed by atoms with E-state index < -0.39 is 69.7 Å². The van der Waals surface area contributed by atoms with Crippen LogP contribution < -0.4 is 17.0 Å². The van der Waals surface area contributed by atoms with Gasteiger partial charge in [-0.25, -0.2) is 5.84 Å². The van der Waals surface area contributed by atoms with E-state index in [1.54, 1.807) is 12.1 Å². The molecule has 1 heterocycles. The molecule has 3 aliphatic rings. The number of likely N-dealkylation sites (N-methyl/N-ethyl adjacent to an activating group) is 1. The molecule has 3 aliphatic carbocycles. The number of hydrazine groups is 1. The number of phenols is 1. The van der Waals surface area contributed by atoms with Crippen LogP contribution in [0.1, 0.15) is 21.5 Å². The van der Waals surface area contributed by atoms with Crippen LogP contribution in [0.2, 0.25) is 0 Å². The van der Waals surface area contributed by atoms with Crippen LogP contribution >= 0.6 is 0 Å². The average molecular weight is 580 g/mol. The van der Waals surface area contributed by atoms with Crippen LogP contribution in [0.25, 0.3) is 11.3 Å². The highest BCUT2D eigenvalue weighted by Crippen LogP contribution is 2.55. The maximum absolute atomic E-state index is 13.6. The highest BCUT2D eigenvalue weighted by atomic mass is 16.4. The van der Waals surface area contributed by atoms with Crippen LogP contribution in [-0.2, 0) is 14.4 Å². The topological polar surface area (TPSA) is 250 Å². The van der Waals surface area contributed by atoms with Gasteiger partial charge in [0.2, 0.25) is 5.78 Å². The van der Waals surface area contributed by atoms with Crippen molar-refractivity contribution in [3.05, 3.63) is 82.9 Å². The number of carbonyl (C=O) groups is 4. The van der Waals surface area contributed by atoms with Crippen molar-refractivity contribution in [2.24, 2.45) is 23.4 Å². The Morgan fingerprint density at radius 2 is 1.71 bits per heavy atom. The van der Waals surface area contributed by atoms with Crippen molar-refractivity contribution < 1.29 is 44.7 Å². The molecule has 0 bridgehead atoms. The maximum atomic E-state index is 13.6. The number of fused-ring (bicyclic) bond motifs is 3. The van der Waals surface area contributed by atoms with Gasteiger partial charge in [0.05, 0.1) is 29.2 Å². The van der Waals surface area contributed by atoms with Crippen molar-refractivity contribution in [3.8, 4) is 5.75 Å². The lowest BCUT2D eigenvalue weighted by Gasteiger charge is -2.52. The minimum Gasteiger partial charge on any atom is -0.508 e. The third-order valence-electron chi connectivity index (χ3n) is 7.68. The molecule has 0 aliphatic heterocycles. The van der Waals surface area contributed by atoms with Crippen LogP contribution in [0.5, 0.6) is 5.75 Å². The molecule has 1 aromatic heterocycles. The number of primary amides is 1. The molecule has 1 aromatic carbocycles. The van der Waals surface area contributed by atoms with Gasteiger partial charge < -0.3 is 31.3 Å². The number of carbonyl (C=O) groups excluding carboxylic acids is 4. The molecule has 42 heavy (non-hydrogen) atoms. The highest BCUT2D eigenvalue weighted by molar-refractivity contribution is 6.25. The number of Topliss-reactive ketones (excluding diaryl/α,β-unsaturated/α-hetero) is 2.